The molecule has 0 fully saturated rings. The van der Waals surface area contributed by atoms with Crippen molar-refractivity contribution in [2.45, 2.75) is 38.9 Å². The van der Waals surface area contributed by atoms with E-state index in [9.17, 15) is 0 Å². The lowest BCUT2D eigenvalue weighted by Gasteiger charge is -2.21. The molecule has 1 aliphatic carbocycles. The van der Waals surface area contributed by atoms with Gasteiger partial charge in [0.25, 0.3) is 0 Å². The fourth-order valence-electron chi connectivity index (χ4n) is 2.74. The van der Waals surface area contributed by atoms with Gasteiger partial charge in [0.1, 0.15) is 0 Å². The van der Waals surface area contributed by atoms with Crippen molar-refractivity contribution >= 4 is 13.3 Å². The Balaban J connectivity index is 2.22. The van der Waals surface area contributed by atoms with Gasteiger partial charge >= 0.3 is 0 Å². The molecule has 0 atom stereocenters. The van der Waals surface area contributed by atoms with Crippen LogP contribution in [-0.2, 0) is 12.8 Å². The van der Waals surface area contributed by atoms with E-state index < -0.39 is 8.07 Å². The van der Waals surface area contributed by atoms with Crippen LogP contribution in [0.15, 0.2) is 30.5 Å². The summed E-state index contributed by atoms with van der Waals surface area (Å²) in [4.78, 5) is 9.47. The molecule has 2 aromatic rings. The van der Waals surface area contributed by atoms with Crippen LogP contribution in [0.3, 0.4) is 0 Å². The van der Waals surface area contributed by atoms with Crippen LogP contribution >= 0.6 is 0 Å². The number of aryl methyl sites for hydroxylation is 2. The number of hydrogen-bond donors (Lipinski definition) is 0. The van der Waals surface area contributed by atoms with Crippen molar-refractivity contribution in [3.05, 3.63) is 41.7 Å². The molecule has 19 heavy (non-hydrogen) atoms. The highest BCUT2D eigenvalue weighted by molar-refractivity contribution is 6.89. The molecule has 2 nitrogen and oxygen atoms in total. The number of nitrogens with zero attached hydrogens (tertiary/aromatic N) is 2. The predicted molar refractivity (Wildman–Crippen MR) is 82.5 cm³/mol. The van der Waals surface area contributed by atoms with E-state index in [-0.39, 0.29) is 0 Å². The number of fused-ring (bicyclic) bond motifs is 1. The van der Waals surface area contributed by atoms with Gasteiger partial charge in [-0.2, -0.15) is 0 Å². The van der Waals surface area contributed by atoms with Crippen molar-refractivity contribution < 1.29 is 0 Å². The minimum Gasteiger partial charge on any atom is -0.255 e. The van der Waals surface area contributed by atoms with Crippen molar-refractivity contribution in [3.63, 3.8) is 0 Å². The van der Waals surface area contributed by atoms with Gasteiger partial charge in [-0.1, -0.05) is 31.8 Å². The topological polar surface area (TPSA) is 25.8 Å². The monoisotopic (exact) mass is 268 g/mol. The van der Waals surface area contributed by atoms with Crippen LogP contribution in [0.25, 0.3) is 11.4 Å². The molecule has 0 spiro atoms. The maximum Gasteiger partial charge on any atom is 0.0885 e. The molecular formula is C16H20N2Si. The first-order valence-electron chi connectivity index (χ1n) is 7.00. The average Bonchev–Trinajstić information content (AvgIpc) is 2.84. The number of hydrogen-bond acceptors (Lipinski definition) is 2. The lowest BCUT2D eigenvalue weighted by atomic mass is 10.1. The van der Waals surface area contributed by atoms with Crippen molar-refractivity contribution in [3.8, 4) is 11.4 Å². The van der Waals surface area contributed by atoms with Gasteiger partial charge in [-0.05, 0) is 42.1 Å². The number of rotatable bonds is 2. The van der Waals surface area contributed by atoms with Gasteiger partial charge in [0.2, 0.25) is 0 Å². The lowest BCUT2D eigenvalue weighted by molar-refractivity contribution is 0.899. The summed E-state index contributed by atoms with van der Waals surface area (Å²) >= 11 is 0. The zero-order valence-electron chi connectivity index (χ0n) is 11.9. The standard InChI is InChI=1S/C16H20N2Si/c1-19(2,3)15-11-12-7-6-9-13(12)18-16(15)14-8-4-5-10-17-14/h4-5,8,10-11H,6-7,9H2,1-3H3. The van der Waals surface area contributed by atoms with Gasteiger partial charge in [0.15, 0.2) is 0 Å². The fraction of sp³-hybridized carbons (Fsp3) is 0.375. The zero-order chi connectivity index (χ0) is 13.5. The highest BCUT2D eigenvalue weighted by Gasteiger charge is 2.26. The molecule has 0 bridgehead atoms. The van der Waals surface area contributed by atoms with Gasteiger partial charge in [-0.15, -0.1) is 0 Å². The second-order valence-corrected chi connectivity index (χ2v) is 11.3. The van der Waals surface area contributed by atoms with Crippen molar-refractivity contribution in [1.29, 1.82) is 0 Å². The maximum absolute atomic E-state index is 4.96. The third-order valence-corrected chi connectivity index (χ3v) is 5.76. The molecule has 2 aromatic heterocycles. The number of pyridine rings is 2. The molecule has 2 heterocycles. The Morgan fingerprint density at radius 3 is 2.63 bits per heavy atom. The zero-order valence-corrected chi connectivity index (χ0v) is 12.9. The molecule has 0 aromatic carbocycles. The minimum absolute atomic E-state index is 1.02. The molecule has 0 radical (unpaired) electrons. The Morgan fingerprint density at radius 1 is 1.11 bits per heavy atom. The lowest BCUT2D eigenvalue weighted by Crippen LogP contribution is -2.40. The highest BCUT2D eigenvalue weighted by atomic mass is 28.3. The molecule has 0 saturated heterocycles. The van der Waals surface area contributed by atoms with E-state index in [0.717, 1.165) is 17.8 Å². The molecule has 0 amide bonds. The molecule has 1 aliphatic rings. The quantitative estimate of drug-likeness (QED) is 0.782. The van der Waals surface area contributed by atoms with Crippen LogP contribution in [0, 0.1) is 0 Å². The van der Waals surface area contributed by atoms with Crippen LogP contribution in [0.2, 0.25) is 19.6 Å². The Kier molecular flexibility index (Phi) is 3.01. The largest absolute Gasteiger partial charge is 0.255 e. The van der Waals surface area contributed by atoms with Crippen LogP contribution in [0.4, 0.5) is 0 Å². The van der Waals surface area contributed by atoms with E-state index in [4.69, 9.17) is 4.98 Å². The second-order valence-electron chi connectivity index (χ2n) is 6.31. The second kappa shape index (κ2) is 4.56. The molecule has 0 saturated carbocycles. The molecule has 0 aliphatic heterocycles. The summed E-state index contributed by atoms with van der Waals surface area (Å²) in [5.41, 5.74) is 4.91. The van der Waals surface area contributed by atoms with Crippen LogP contribution in [0.1, 0.15) is 17.7 Å². The van der Waals surface area contributed by atoms with Gasteiger partial charge in [0.05, 0.1) is 19.5 Å². The molecule has 3 heteroatoms. The van der Waals surface area contributed by atoms with E-state index in [2.05, 4.69) is 36.8 Å². The molecular weight excluding hydrogens is 248 g/mol. The summed E-state index contributed by atoms with van der Waals surface area (Å²) in [7, 11) is -1.41. The molecule has 98 valence electrons. The summed E-state index contributed by atoms with van der Waals surface area (Å²) in [6, 6.07) is 8.51. The summed E-state index contributed by atoms with van der Waals surface area (Å²) in [6.45, 7) is 7.16. The summed E-state index contributed by atoms with van der Waals surface area (Å²) in [6.07, 6.45) is 5.43. The molecule has 0 unspecified atom stereocenters. The van der Waals surface area contributed by atoms with E-state index in [0.29, 0.717) is 0 Å². The Labute approximate surface area is 115 Å². The summed E-state index contributed by atoms with van der Waals surface area (Å²) in [5, 5.41) is 1.45. The van der Waals surface area contributed by atoms with Crippen molar-refractivity contribution in [1.82, 2.24) is 9.97 Å². The van der Waals surface area contributed by atoms with E-state index in [1.54, 1.807) is 0 Å². The third kappa shape index (κ3) is 2.35. The van der Waals surface area contributed by atoms with Gasteiger partial charge in [0, 0.05) is 11.9 Å². The predicted octanol–water partition coefficient (Wildman–Crippen LogP) is 3.18. The number of aromatic nitrogens is 2. The van der Waals surface area contributed by atoms with Crippen LogP contribution in [0.5, 0.6) is 0 Å². The van der Waals surface area contributed by atoms with Crippen LogP contribution in [-0.4, -0.2) is 18.0 Å². The first-order chi connectivity index (χ1) is 9.05. The first-order valence-corrected chi connectivity index (χ1v) is 10.5. The molecule has 3 rings (SSSR count). The Hall–Kier alpha value is -1.48. The highest BCUT2D eigenvalue weighted by Crippen LogP contribution is 2.24. The summed E-state index contributed by atoms with van der Waals surface area (Å²) in [5.74, 6) is 0. The smallest absolute Gasteiger partial charge is 0.0885 e. The van der Waals surface area contributed by atoms with Gasteiger partial charge < -0.3 is 0 Å². The average molecular weight is 268 g/mol. The van der Waals surface area contributed by atoms with Crippen molar-refractivity contribution in [2.24, 2.45) is 0 Å². The minimum atomic E-state index is -1.41. The van der Waals surface area contributed by atoms with Gasteiger partial charge in [-0.3, -0.25) is 9.97 Å². The SMILES string of the molecule is C[Si](C)(C)c1cc2c(nc1-c1ccccn1)CCC2. The van der Waals surface area contributed by atoms with Crippen LogP contribution < -0.4 is 5.19 Å². The first kappa shape index (κ1) is 12.5. The third-order valence-electron chi connectivity index (χ3n) is 3.77. The van der Waals surface area contributed by atoms with E-state index >= 15 is 0 Å². The van der Waals surface area contributed by atoms with Gasteiger partial charge in [-0.25, -0.2) is 0 Å². The summed E-state index contributed by atoms with van der Waals surface area (Å²) < 4.78 is 0. The van der Waals surface area contributed by atoms with E-state index in [1.165, 1.54) is 29.3 Å². The fourth-order valence-corrected chi connectivity index (χ4v) is 4.24. The Bertz CT molecular complexity index is 600. The normalized spacial score (nSPS) is 14.5. The Morgan fingerprint density at radius 2 is 1.95 bits per heavy atom. The van der Waals surface area contributed by atoms with Crippen molar-refractivity contribution in [2.75, 3.05) is 0 Å². The maximum atomic E-state index is 4.96. The molecule has 0 N–H and O–H groups in total. The van der Waals surface area contributed by atoms with E-state index in [1.807, 2.05) is 18.3 Å².